The molecule has 1 heterocycles. The topological polar surface area (TPSA) is 105 Å². The number of hydrogen-bond donors (Lipinski definition) is 2. The number of carbonyl (C=O) groups excluding carboxylic acids is 1. The van der Waals surface area contributed by atoms with Gasteiger partial charge in [0.05, 0.1) is 16.7 Å². The normalized spacial score (nSPS) is 11.3. The van der Waals surface area contributed by atoms with Crippen molar-refractivity contribution in [3.05, 3.63) is 112 Å². The molecule has 0 saturated carbocycles. The average molecular weight is 489 g/mol. The van der Waals surface area contributed by atoms with Crippen molar-refractivity contribution in [1.29, 1.82) is 0 Å². The third kappa shape index (κ3) is 5.40. The molecule has 4 rings (SSSR count). The Hall–Kier alpha value is -4.01. The van der Waals surface area contributed by atoms with Crippen molar-refractivity contribution in [2.75, 3.05) is 11.9 Å². The SMILES string of the molecule is C=CCNS(=O)(=O)Cc1ccc(NC(=O)c2cccc3c(=O)c(C)c(-c4ccccc4)oc23)cc1. The van der Waals surface area contributed by atoms with Crippen LogP contribution in [-0.2, 0) is 15.8 Å². The fourth-order valence-electron chi connectivity index (χ4n) is 3.69. The summed E-state index contributed by atoms with van der Waals surface area (Å²) < 4.78 is 32.6. The number of sulfonamides is 1. The Balaban J connectivity index is 1.63. The molecule has 0 radical (unpaired) electrons. The van der Waals surface area contributed by atoms with E-state index in [0.29, 0.717) is 28.0 Å². The first-order valence-electron chi connectivity index (χ1n) is 10.9. The van der Waals surface area contributed by atoms with Gasteiger partial charge in [0.2, 0.25) is 10.0 Å². The third-order valence-electron chi connectivity index (χ3n) is 5.44. The first-order chi connectivity index (χ1) is 16.8. The molecule has 35 heavy (non-hydrogen) atoms. The molecule has 0 fully saturated rings. The first-order valence-corrected chi connectivity index (χ1v) is 12.5. The highest BCUT2D eigenvalue weighted by molar-refractivity contribution is 7.88. The number of amides is 1. The summed E-state index contributed by atoms with van der Waals surface area (Å²) in [6.45, 7) is 5.35. The number of hydrogen-bond acceptors (Lipinski definition) is 5. The quantitative estimate of drug-likeness (QED) is 0.352. The third-order valence-corrected chi connectivity index (χ3v) is 6.76. The van der Waals surface area contributed by atoms with Gasteiger partial charge in [0.1, 0.15) is 5.76 Å². The van der Waals surface area contributed by atoms with E-state index in [-0.39, 0.29) is 28.9 Å². The van der Waals surface area contributed by atoms with Gasteiger partial charge >= 0.3 is 0 Å². The zero-order valence-corrected chi connectivity index (χ0v) is 19.9. The van der Waals surface area contributed by atoms with Crippen molar-refractivity contribution in [2.24, 2.45) is 0 Å². The van der Waals surface area contributed by atoms with Crippen molar-refractivity contribution in [2.45, 2.75) is 12.7 Å². The lowest BCUT2D eigenvalue weighted by Crippen LogP contribution is -2.25. The molecule has 178 valence electrons. The predicted molar refractivity (Wildman–Crippen MR) is 138 cm³/mol. The maximum atomic E-state index is 13.1. The summed E-state index contributed by atoms with van der Waals surface area (Å²) in [5.41, 5.74) is 2.48. The Morgan fingerprint density at radius 3 is 2.40 bits per heavy atom. The van der Waals surface area contributed by atoms with Gasteiger partial charge in [-0.3, -0.25) is 9.59 Å². The lowest BCUT2D eigenvalue weighted by molar-refractivity contribution is 0.102. The summed E-state index contributed by atoms with van der Waals surface area (Å²) in [5, 5.41) is 3.11. The van der Waals surface area contributed by atoms with Gasteiger partial charge in [-0.1, -0.05) is 54.6 Å². The summed E-state index contributed by atoms with van der Waals surface area (Å²) in [6, 6.07) is 20.6. The summed E-state index contributed by atoms with van der Waals surface area (Å²) in [4.78, 5) is 26.1. The Bertz CT molecular complexity index is 1560. The molecular weight excluding hydrogens is 464 g/mol. The van der Waals surface area contributed by atoms with Crippen LogP contribution in [0.3, 0.4) is 0 Å². The fourth-order valence-corrected chi connectivity index (χ4v) is 4.80. The maximum absolute atomic E-state index is 13.1. The number of benzene rings is 3. The van der Waals surface area contributed by atoms with Gasteiger partial charge in [0.15, 0.2) is 11.0 Å². The molecule has 4 aromatic rings. The predicted octanol–water partition coefficient (Wildman–Crippen LogP) is 4.63. The molecule has 2 N–H and O–H groups in total. The van der Waals surface area contributed by atoms with Crippen LogP contribution in [0.25, 0.3) is 22.3 Å². The highest BCUT2D eigenvalue weighted by atomic mass is 32.2. The second kappa shape index (κ2) is 10.1. The van der Waals surface area contributed by atoms with Gasteiger partial charge in [-0.05, 0) is 36.8 Å². The zero-order chi connectivity index (χ0) is 25.0. The molecule has 3 aromatic carbocycles. The van der Waals surface area contributed by atoms with E-state index in [1.165, 1.54) is 6.08 Å². The number of para-hydroxylation sites is 1. The van der Waals surface area contributed by atoms with E-state index >= 15 is 0 Å². The fraction of sp³-hybridized carbons (Fsp3) is 0.111. The van der Waals surface area contributed by atoms with E-state index in [1.807, 2.05) is 30.3 Å². The van der Waals surface area contributed by atoms with Crippen LogP contribution in [0.2, 0.25) is 0 Å². The molecule has 8 heteroatoms. The smallest absolute Gasteiger partial charge is 0.259 e. The number of nitrogens with one attached hydrogen (secondary N) is 2. The molecule has 0 aliphatic carbocycles. The van der Waals surface area contributed by atoms with Gasteiger partial charge in [-0.25, -0.2) is 13.1 Å². The van der Waals surface area contributed by atoms with Crippen LogP contribution in [-0.4, -0.2) is 20.9 Å². The van der Waals surface area contributed by atoms with E-state index in [1.54, 1.807) is 49.4 Å². The summed E-state index contributed by atoms with van der Waals surface area (Å²) in [5.74, 6) is -0.223. The molecule has 0 atom stereocenters. The van der Waals surface area contributed by atoms with E-state index in [4.69, 9.17) is 4.42 Å². The second-order valence-electron chi connectivity index (χ2n) is 7.98. The minimum atomic E-state index is -3.49. The number of anilines is 1. The lowest BCUT2D eigenvalue weighted by atomic mass is 10.0. The van der Waals surface area contributed by atoms with Crippen LogP contribution in [0.4, 0.5) is 5.69 Å². The largest absolute Gasteiger partial charge is 0.455 e. The Kier molecular flexibility index (Phi) is 6.95. The molecule has 0 bridgehead atoms. The molecule has 1 aromatic heterocycles. The van der Waals surface area contributed by atoms with Gasteiger partial charge < -0.3 is 9.73 Å². The summed E-state index contributed by atoms with van der Waals surface area (Å²) >= 11 is 0. The van der Waals surface area contributed by atoms with Gasteiger partial charge in [-0.15, -0.1) is 6.58 Å². The molecule has 7 nitrogen and oxygen atoms in total. The Morgan fingerprint density at radius 2 is 1.71 bits per heavy atom. The van der Waals surface area contributed by atoms with E-state index in [9.17, 15) is 18.0 Å². The minimum absolute atomic E-state index is 0.156. The van der Waals surface area contributed by atoms with E-state index < -0.39 is 15.9 Å². The molecule has 0 unspecified atom stereocenters. The number of rotatable bonds is 8. The molecule has 0 aliphatic rings. The maximum Gasteiger partial charge on any atom is 0.259 e. The molecular formula is C27H24N2O5S. The Labute approximate surface area is 203 Å². The van der Waals surface area contributed by atoms with E-state index in [2.05, 4.69) is 16.6 Å². The van der Waals surface area contributed by atoms with Crippen LogP contribution >= 0.6 is 0 Å². The van der Waals surface area contributed by atoms with Gasteiger partial charge in [0, 0.05) is 23.4 Å². The standard InChI is InChI=1S/C27H24N2O5S/c1-3-16-28-35(32,33)17-19-12-14-21(15-13-19)29-27(31)23-11-7-10-22-24(30)18(2)25(34-26(22)23)20-8-5-4-6-9-20/h3-15,28H,1,16-17H2,2H3,(H,29,31). The molecule has 0 saturated heterocycles. The van der Waals surface area contributed by atoms with Crippen LogP contribution < -0.4 is 15.5 Å². The highest BCUT2D eigenvalue weighted by Crippen LogP contribution is 2.27. The lowest BCUT2D eigenvalue weighted by Gasteiger charge is -2.11. The summed E-state index contributed by atoms with van der Waals surface area (Å²) in [6.07, 6.45) is 1.47. The van der Waals surface area contributed by atoms with Gasteiger partial charge in [-0.2, -0.15) is 0 Å². The highest BCUT2D eigenvalue weighted by Gasteiger charge is 2.18. The molecule has 0 spiro atoms. The molecule has 0 aliphatic heterocycles. The van der Waals surface area contributed by atoms with Crippen LogP contribution in [0.1, 0.15) is 21.5 Å². The summed E-state index contributed by atoms with van der Waals surface area (Å²) in [7, 11) is -3.49. The Morgan fingerprint density at radius 1 is 1.00 bits per heavy atom. The zero-order valence-electron chi connectivity index (χ0n) is 19.1. The number of fused-ring (bicyclic) bond motifs is 1. The van der Waals surface area contributed by atoms with Crippen molar-refractivity contribution < 1.29 is 17.6 Å². The van der Waals surface area contributed by atoms with Crippen LogP contribution in [0.5, 0.6) is 0 Å². The monoisotopic (exact) mass is 488 g/mol. The van der Waals surface area contributed by atoms with Crippen molar-refractivity contribution in [3.63, 3.8) is 0 Å². The minimum Gasteiger partial charge on any atom is -0.455 e. The van der Waals surface area contributed by atoms with Gasteiger partial charge in [0.25, 0.3) is 5.91 Å². The van der Waals surface area contributed by atoms with Crippen molar-refractivity contribution in [3.8, 4) is 11.3 Å². The first kappa shape index (κ1) is 24.1. The van der Waals surface area contributed by atoms with E-state index in [0.717, 1.165) is 5.56 Å². The average Bonchev–Trinajstić information content (AvgIpc) is 2.86. The molecule has 1 amide bonds. The number of carbonyl (C=O) groups is 1. The van der Waals surface area contributed by atoms with Crippen molar-refractivity contribution in [1.82, 2.24) is 4.72 Å². The van der Waals surface area contributed by atoms with Crippen LogP contribution in [0, 0.1) is 6.92 Å². The van der Waals surface area contributed by atoms with Crippen LogP contribution in [0.15, 0.2) is 94.7 Å². The van der Waals surface area contributed by atoms with Crippen molar-refractivity contribution >= 4 is 32.6 Å². The second-order valence-corrected chi connectivity index (χ2v) is 9.79.